The molecule has 1 aliphatic rings. The highest BCUT2D eigenvalue weighted by atomic mass is 79.9. The molecule has 5 heteroatoms. The van der Waals surface area contributed by atoms with Crippen LogP contribution in [0.25, 0.3) is 0 Å². The summed E-state index contributed by atoms with van der Waals surface area (Å²) in [4.78, 5) is 0. The van der Waals surface area contributed by atoms with E-state index in [2.05, 4.69) is 27.5 Å². The lowest BCUT2D eigenvalue weighted by Crippen LogP contribution is -2.27. The van der Waals surface area contributed by atoms with Gasteiger partial charge in [-0.25, -0.2) is 4.39 Å². The maximum absolute atomic E-state index is 13.5. The van der Waals surface area contributed by atoms with Gasteiger partial charge in [0.15, 0.2) is 0 Å². The molecule has 100 valence electrons. The molecule has 1 fully saturated rings. The summed E-state index contributed by atoms with van der Waals surface area (Å²) < 4.78 is 13.9. The van der Waals surface area contributed by atoms with Crippen molar-refractivity contribution in [3.63, 3.8) is 0 Å². The molecule has 0 atom stereocenters. The molecule has 0 unspecified atom stereocenters. The van der Waals surface area contributed by atoms with E-state index >= 15 is 0 Å². The fourth-order valence-corrected chi connectivity index (χ4v) is 3.45. The van der Waals surface area contributed by atoms with Gasteiger partial charge in [-0.2, -0.15) is 11.8 Å². The predicted molar refractivity (Wildman–Crippen MR) is 81.7 cm³/mol. The fourth-order valence-electron chi connectivity index (χ4n) is 2.35. The summed E-state index contributed by atoms with van der Waals surface area (Å²) in [7, 11) is 0. The van der Waals surface area contributed by atoms with E-state index in [4.69, 9.17) is 5.73 Å². The second kappa shape index (κ2) is 6.15. The van der Waals surface area contributed by atoms with Crippen molar-refractivity contribution in [1.29, 1.82) is 0 Å². The number of rotatable bonds is 3. The average Bonchev–Trinajstić information content (AvgIpc) is 2.37. The number of hydrogen-bond donors (Lipinski definition) is 2. The van der Waals surface area contributed by atoms with Crippen molar-refractivity contribution in [2.45, 2.75) is 37.0 Å². The van der Waals surface area contributed by atoms with Crippen molar-refractivity contribution in [1.82, 2.24) is 0 Å². The number of hydrogen-bond acceptors (Lipinski definition) is 3. The van der Waals surface area contributed by atoms with Gasteiger partial charge in [0.25, 0.3) is 0 Å². The average molecular weight is 333 g/mol. The number of thioether (sulfide) groups is 1. The van der Waals surface area contributed by atoms with Gasteiger partial charge in [0, 0.05) is 17.4 Å². The van der Waals surface area contributed by atoms with Crippen LogP contribution >= 0.6 is 27.7 Å². The summed E-state index contributed by atoms with van der Waals surface area (Å²) in [6.45, 7) is 0. The molecule has 2 nitrogen and oxygen atoms in total. The molecule has 0 spiro atoms. The summed E-state index contributed by atoms with van der Waals surface area (Å²) in [5.74, 6) is -0.274. The molecule has 0 bridgehead atoms. The summed E-state index contributed by atoms with van der Waals surface area (Å²) in [5, 5.41) is 4.15. The zero-order valence-corrected chi connectivity index (χ0v) is 12.8. The van der Waals surface area contributed by atoms with Gasteiger partial charge in [-0.05, 0) is 53.9 Å². The fraction of sp³-hybridized carbons (Fsp3) is 0.538. The predicted octanol–water partition coefficient (Wildman–Crippen LogP) is 4.26. The first kappa shape index (κ1) is 14.0. The van der Waals surface area contributed by atoms with Gasteiger partial charge in [-0.1, -0.05) is 0 Å². The van der Waals surface area contributed by atoms with Gasteiger partial charge in [-0.15, -0.1) is 0 Å². The SMILES string of the molecule is CSC1CCC(Nc2cc(F)c(Br)cc2N)CC1. The maximum atomic E-state index is 13.5. The van der Waals surface area contributed by atoms with E-state index in [1.165, 1.54) is 18.9 Å². The molecular formula is C13H18BrFN2S. The van der Waals surface area contributed by atoms with Crippen LogP contribution in [0.1, 0.15) is 25.7 Å². The zero-order valence-electron chi connectivity index (χ0n) is 10.4. The molecule has 1 aromatic carbocycles. The number of benzene rings is 1. The third kappa shape index (κ3) is 3.32. The molecule has 0 heterocycles. The number of nitrogens with two attached hydrogens (primary N) is 1. The van der Waals surface area contributed by atoms with Crippen LogP contribution in [-0.4, -0.2) is 17.5 Å². The summed E-state index contributed by atoms with van der Waals surface area (Å²) in [5.41, 5.74) is 7.20. The Morgan fingerprint density at radius 2 is 2.00 bits per heavy atom. The van der Waals surface area contributed by atoms with E-state index in [0.29, 0.717) is 21.9 Å². The normalized spacial score (nSPS) is 23.9. The topological polar surface area (TPSA) is 38.0 Å². The second-order valence-electron chi connectivity index (χ2n) is 4.71. The van der Waals surface area contributed by atoms with E-state index in [-0.39, 0.29) is 5.82 Å². The number of nitrogen functional groups attached to an aromatic ring is 1. The van der Waals surface area contributed by atoms with Crippen molar-refractivity contribution in [2.24, 2.45) is 0 Å². The van der Waals surface area contributed by atoms with E-state index in [0.717, 1.165) is 18.1 Å². The smallest absolute Gasteiger partial charge is 0.139 e. The molecule has 0 aliphatic heterocycles. The van der Waals surface area contributed by atoms with Crippen LogP contribution in [0, 0.1) is 5.82 Å². The standard InChI is InChI=1S/C13H18BrFN2S/c1-18-9-4-2-8(3-5-9)17-13-7-11(15)10(14)6-12(13)16/h6-9,17H,2-5,16H2,1H3. The van der Waals surface area contributed by atoms with Crippen molar-refractivity contribution in [2.75, 3.05) is 17.3 Å². The Morgan fingerprint density at radius 3 is 2.61 bits per heavy atom. The highest BCUT2D eigenvalue weighted by molar-refractivity contribution is 9.10. The Labute approximate surface area is 120 Å². The Hall–Kier alpha value is -0.420. The van der Waals surface area contributed by atoms with Crippen LogP contribution in [0.4, 0.5) is 15.8 Å². The molecule has 0 saturated heterocycles. The first-order valence-corrected chi connectivity index (χ1v) is 8.22. The van der Waals surface area contributed by atoms with E-state index in [9.17, 15) is 4.39 Å². The Bertz CT molecular complexity index is 420. The minimum absolute atomic E-state index is 0.274. The minimum atomic E-state index is -0.274. The van der Waals surface area contributed by atoms with Crippen LogP contribution in [-0.2, 0) is 0 Å². The largest absolute Gasteiger partial charge is 0.397 e. The van der Waals surface area contributed by atoms with Crippen LogP contribution in [0.3, 0.4) is 0 Å². The molecular weight excluding hydrogens is 315 g/mol. The zero-order chi connectivity index (χ0) is 13.1. The second-order valence-corrected chi connectivity index (χ2v) is 6.70. The molecule has 1 aromatic rings. The first-order chi connectivity index (χ1) is 8.60. The van der Waals surface area contributed by atoms with Gasteiger partial charge in [0.1, 0.15) is 5.82 Å². The van der Waals surface area contributed by atoms with Crippen LogP contribution < -0.4 is 11.1 Å². The lowest BCUT2D eigenvalue weighted by Gasteiger charge is -2.29. The molecule has 1 aliphatic carbocycles. The third-order valence-corrected chi connectivity index (χ3v) is 5.21. The highest BCUT2D eigenvalue weighted by Gasteiger charge is 2.21. The molecule has 0 amide bonds. The van der Waals surface area contributed by atoms with Crippen LogP contribution in [0.15, 0.2) is 16.6 Å². The first-order valence-electron chi connectivity index (χ1n) is 6.14. The molecule has 2 rings (SSSR count). The number of anilines is 2. The quantitative estimate of drug-likeness (QED) is 0.812. The van der Waals surface area contributed by atoms with Gasteiger partial charge in [0.05, 0.1) is 15.8 Å². The van der Waals surface area contributed by atoms with Crippen LogP contribution in [0.2, 0.25) is 0 Å². The number of nitrogens with one attached hydrogen (secondary N) is 1. The Morgan fingerprint density at radius 1 is 1.33 bits per heavy atom. The Balaban J connectivity index is 2.00. The van der Waals surface area contributed by atoms with Crippen LogP contribution in [0.5, 0.6) is 0 Å². The van der Waals surface area contributed by atoms with Crippen molar-refractivity contribution >= 4 is 39.1 Å². The summed E-state index contributed by atoms with van der Waals surface area (Å²) in [6.07, 6.45) is 6.86. The minimum Gasteiger partial charge on any atom is -0.397 e. The molecule has 1 saturated carbocycles. The Kier molecular flexibility index (Phi) is 4.78. The van der Waals surface area contributed by atoms with Gasteiger partial charge >= 0.3 is 0 Å². The molecule has 0 radical (unpaired) electrons. The van der Waals surface area contributed by atoms with Gasteiger partial charge in [0.2, 0.25) is 0 Å². The van der Waals surface area contributed by atoms with E-state index in [1.54, 1.807) is 6.07 Å². The maximum Gasteiger partial charge on any atom is 0.139 e. The summed E-state index contributed by atoms with van der Waals surface area (Å²) in [6, 6.07) is 3.50. The highest BCUT2D eigenvalue weighted by Crippen LogP contribution is 2.31. The molecule has 18 heavy (non-hydrogen) atoms. The molecule has 3 N–H and O–H groups in total. The summed E-state index contributed by atoms with van der Waals surface area (Å²) >= 11 is 5.08. The lowest BCUT2D eigenvalue weighted by atomic mass is 9.94. The molecule has 0 aromatic heterocycles. The third-order valence-electron chi connectivity index (χ3n) is 3.46. The monoisotopic (exact) mass is 332 g/mol. The van der Waals surface area contributed by atoms with Crippen molar-refractivity contribution < 1.29 is 4.39 Å². The van der Waals surface area contributed by atoms with E-state index < -0.39 is 0 Å². The van der Waals surface area contributed by atoms with Gasteiger partial charge < -0.3 is 11.1 Å². The number of halogens is 2. The van der Waals surface area contributed by atoms with Gasteiger partial charge in [-0.3, -0.25) is 0 Å². The van der Waals surface area contributed by atoms with Crippen molar-refractivity contribution in [3.8, 4) is 0 Å². The van der Waals surface area contributed by atoms with E-state index in [1.807, 2.05) is 11.8 Å². The van der Waals surface area contributed by atoms with Crippen molar-refractivity contribution in [3.05, 3.63) is 22.4 Å². The lowest BCUT2D eigenvalue weighted by molar-refractivity contribution is 0.473.